The maximum Gasteiger partial charge on any atom is 0.255 e. The topological polar surface area (TPSA) is 71.1 Å². The summed E-state index contributed by atoms with van der Waals surface area (Å²) in [6.07, 6.45) is 2.28. The molecular formula is C20H20N4O2. The molecule has 6 heteroatoms. The Balaban J connectivity index is 1.70. The Morgan fingerprint density at radius 3 is 2.88 bits per heavy atom. The summed E-state index contributed by atoms with van der Waals surface area (Å²) in [6.45, 7) is 2.75. The van der Waals surface area contributed by atoms with E-state index in [1.165, 1.54) is 11.9 Å². The number of nitrogens with one attached hydrogen (secondary N) is 1. The quantitative estimate of drug-likeness (QED) is 0.789. The SMILES string of the molecule is COc1ccc2c(c1)C(C)N(C(=O)c1ccccc1-c1ncn[nH]1)CC2. The first-order valence-corrected chi connectivity index (χ1v) is 8.61. The highest BCUT2D eigenvalue weighted by molar-refractivity contribution is 6.00. The zero-order chi connectivity index (χ0) is 18.1. The molecular weight excluding hydrogens is 328 g/mol. The second kappa shape index (κ2) is 6.63. The average molecular weight is 348 g/mol. The number of nitrogens with zero attached hydrogens (tertiary/aromatic N) is 3. The number of amides is 1. The zero-order valence-corrected chi connectivity index (χ0v) is 14.8. The van der Waals surface area contributed by atoms with Gasteiger partial charge in [-0.05, 0) is 42.7 Å². The molecule has 3 aromatic rings. The van der Waals surface area contributed by atoms with E-state index in [4.69, 9.17) is 4.74 Å². The van der Waals surface area contributed by atoms with Gasteiger partial charge in [-0.3, -0.25) is 9.89 Å². The van der Waals surface area contributed by atoms with Crippen LogP contribution < -0.4 is 4.74 Å². The van der Waals surface area contributed by atoms with Crippen LogP contribution in [0.25, 0.3) is 11.4 Å². The van der Waals surface area contributed by atoms with Gasteiger partial charge >= 0.3 is 0 Å². The molecule has 6 nitrogen and oxygen atoms in total. The minimum absolute atomic E-state index is 0.00188. The van der Waals surface area contributed by atoms with Crippen LogP contribution in [0.15, 0.2) is 48.8 Å². The molecule has 0 fully saturated rings. The normalized spacial score (nSPS) is 16.2. The molecule has 1 N–H and O–H groups in total. The third-order valence-corrected chi connectivity index (χ3v) is 4.98. The lowest BCUT2D eigenvalue weighted by Gasteiger charge is -2.36. The maximum absolute atomic E-state index is 13.3. The molecule has 1 atom stereocenters. The summed E-state index contributed by atoms with van der Waals surface area (Å²) in [5, 5.41) is 6.75. The molecule has 132 valence electrons. The number of ether oxygens (including phenoxy) is 1. The molecule has 1 aliphatic rings. The van der Waals surface area contributed by atoms with Crippen molar-refractivity contribution < 1.29 is 9.53 Å². The lowest BCUT2D eigenvalue weighted by Crippen LogP contribution is -2.39. The summed E-state index contributed by atoms with van der Waals surface area (Å²) in [5.41, 5.74) is 3.80. The number of fused-ring (bicyclic) bond motifs is 1. The Hall–Kier alpha value is -3.15. The van der Waals surface area contributed by atoms with E-state index >= 15 is 0 Å². The summed E-state index contributed by atoms with van der Waals surface area (Å²) in [4.78, 5) is 19.4. The highest BCUT2D eigenvalue weighted by Crippen LogP contribution is 2.34. The molecule has 1 aliphatic heterocycles. The Labute approximate surface area is 151 Å². The molecule has 0 saturated heterocycles. The lowest BCUT2D eigenvalue weighted by atomic mass is 9.92. The fourth-order valence-electron chi connectivity index (χ4n) is 3.56. The van der Waals surface area contributed by atoms with Crippen LogP contribution in [0.4, 0.5) is 0 Å². The van der Waals surface area contributed by atoms with E-state index in [1.54, 1.807) is 7.11 Å². The number of methoxy groups -OCH3 is 1. The number of benzene rings is 2. The smallest absolute Gasteiger partial charge is 0.255 e. The van der Waals surface area contributed by atoms with Gasteiger partial charge in [-0.1, -0.05) is 24.3 Å². The third-order valence-electron chi connectivity index (χ3n) is 4.98. The molecule has 26 heavy (non-hydrogen) atoms. The molecule has 1 unspecified atom stereocenters. The van der Waals surface area contributed by atoms with Gasteiger partial charge in [0.05, 0.1) is 18.7 Å². The molecule has 0 bridgehead atoms. The van der Waals surface area contributed by atoms with Crippen LogP contribution >= 0.6 is 0 Å². The fraction of sp³-hybridized carbons (Fsp3) is 0.250. The van der Waals surface area contributed by atoms with Gasteiger partial charge in [0.2, 0.25) is 0 Å². The largest absolute Gasteiger partial charge is 0.497 e. The standard InChI is InChI=1S/C20H20N4O2/c1-13-18-11-15(26-2)8-7-14(18)9-10-24(13)20(25)17-6-4-3-5-16(17)19-21-12-22-23-19/h3-8,11-13H,9-10H2,1-2H3,(H,21,22,23). The fourth-order valence-corrected chi connectivity index (χ4v) is 3.56. The van der Waals surface area contributed by atoms with Gasteiger partial charge in [0.25, 0.3) is 5.91 Å². The second-order valence-electron chi connectivity index (χ2n) is 6.37. The molecule has 2 heterocycles. The van der Waals surface area contributed by atoms with Crippen molar-refractivity contribution in [1.82, 2.24) is 20.1 Å². The predicted octanol–water partition coefficient (Wildman–Crippen LogP) is 3.24. The monoisotopic (exact) mass is 348 g/mol. The number of carbonyl (C=O) groups is 1. The van der Waals surface area contributed by atoms with Crippen LogP contribution in [0, 0.1) is 0 Å². The number of aromatic nitrogens is 3. The first-order chi connectivity index (χ1) is 12.7. The third kappa shape index (κ3) is 2.73. The highest BCUT2D eigenvalue weighted by Gasteiger charge is 2.30. The predicted molar refractivity (Wildman–Crippen MR) is 98.0 cm³/mol. The van der Waals surface area contributed by atoms with E-state index in [0.29, 0.717) is 17.9 Å². The number of aromatic amines is 1. The summed E-state index contributed by atoms with van der Waals surface area (Å²) in [7, 11) is 1.66. The van der Waals surface area contributed by atoms with Crippen molar-refractivity contribution in [2.24, 2.45) is 0 Å². The van der Waals surface area contributed by atoms with Gasteiger partial charge in [0.1, 0.15) is 12.1 Å². The molecule has 4 rings (SSSR count). The van der Waals surface area contributed by atoms with Gasteiger partial charge in [-0.15, -0.1) is 0 Å². The number of hydrogen-bond donors (Lipinski definition) is 1. The first-order valence-electron chi connectivity index (χ1n) is 8.61. The van der Waals surface area contributed by atoms with Crippen LogP contribution in [0.2, 0.25) is 0 Å². The summed E-state index contributed by atoms with van der Waals surface area (Å²) >= 11 is 0. The molecule has 0 aliphatic carbocycles. The van der Waals surface area contributed by atoms with E-state index in [0.717, 1.165) is 23.3 Å². The number of H-pyrrole nitrogens is 1. The van der Waals surface area contributed by atoms with Crippen LogP contribution in [0.1, 0.15) is 34.5 Å². The van der Waals surface area contributed by atoms with Crippen LogP contribution in [-0.4, -0.2) is 39.6 Å². The van der Waals surface area contributed by atoms with Gasteiger partial charge in [0.15, 0.2) is 5.82 Å². The van der Waals surface area contributed by atoms with Crippen LogP contribution in [-0.2, 0) is 6.42 Å². The first kappa shape index (κ1) is 16.3. The van der Waals surface area contributed by atoms with Gasteiger partial charge < -0.3 is 9.64 Å². The van der Waals surface area contributed by atoms with Crippen molar-refractivity contribution in [2.75, 3.05) is 13.7 Å². The van der Waals surface area contributed by atoms with E-state index in [-0.39, 0.29) is 11.9 Å². The summed E-state index contributed by atoms with van der Waals surface area (Å²) in [6, 6.07) is 13.6. The second-order valence-corrected chi connectivity index (χ2v) is 6.37. The number of rotatable bonds is 3. The molecule has 1 aromatic heterocycles. The molecule has 0 saturated carbocycles. The van der Waals surface area contributed by atoms with Crippen molar-refractivity contribution in [1.29, 1.82) is 0 Å². The summed E-state index contributed by atoms with van der Waals surface area (Å²) in [5.74, 6) is 1.41. The lowest BCUT2D eigenvalue weighted by molar-refractivity contribution is 0.0678. The van der Waals surface area contributed by atoms with E-state index < -0.39 is 0 Å². The van der Waals surface area contributed by atoms with Gasteiger partial charge in [-0.25, -0.2) is 4.98 Å². The summed E-state index contributed by atoms with van der Waals surface area (Å²) < 4.78 is 5.35. The number of hydrogen-bond acceptors (Lipinski definition) is 4. The Morgan fingerprint density at radius 2 is 2.12 bits per heavy atom. The van der Waals surface area contributed by atoms with Gasteiger partial charge in [-0.2, -0.15) is 5.10 Å². The van der Waals surface area contributed by atoms with Gasteiger partial charge in [0, 0.05) is 12.1 Å². The van der Waals surface area contributed by atoms with Crippen molar-refractivity contribution in [2.45, 2.75) is 19.4 Å². The average Bonchev–Trinajstić information content (AvgIpc) is 3.22. The molecule has 1 amide bonds. The van der Waals surface area contributed by atoms with Crippen molar-refractivity contribution in [3.63, 3.8) is 0 Å². The molecule has 2 aromatic carbocycles. The van der Waals surface area contributed by atoms with Crippen molar-refractivity contribution >= 4 is 5.91 Å². The molecule has 0 radical (unpaired) electrons. The highest BCUT2D eigenvalue weighted by atomic mass is 16.5. The number of carbonyl (C=O) groups excluding carboxylic acids is 1. The maximum atomic E-state index is 13.3. The van der Waals surface area contributed by atoms with Crippen LogP contribution in [0.3, 0.4) is 0 Å². The Kier molecular flexibility index (Phi) is 4.16. The van der Waals surface area contributed by atoms with Crippen LogP contribution in [0.5, 0.6) is 5.75 Å². The van der Waals surface area contributed by atoms with E-state index in [9.17, 15) is 4.79 Å². The van der Waals surface area contributed by atoms with Crippen molar-refractivity contribution in [3.8, 4) is 17.1 Å². The minimum Gasteiger partial charge on any atom is -0.497 e. The Morgan fingerprint density at radius 1 is 1.27 bits per heavy atom. The Bertz CT molecular complexity index is 937. The molecule has 0 spiro atoms. The van der Waals surface area contributed by atoms with E-state index in [2.05, 4.69) is 28.2 Å². The van der Waals surface area contributed by atoms with E-state index in [1.807, 2.05) is 41.3 Å². The zero-order valence-electron chi connectivity index (χ0n) is 14.8. The van der Waals surface area contributed by atoms with Crippen molar-refractivity contribution in [3.05, 3.63) is 65.5 Å². The minimum atomic E-state index is -0.0240.